The summed E-state index contributed by atoms with van der Waals surface area (Å²) in [5.74, 6) is 0.807. The molecular formula is C39H66ClN3O3. The summed E-state index contributed by atoms with van der Waals surface area (Å²) < 4.78 is 6.72. The highest BCUT2D eigenvalue weighted by molar-refractivity contribution is 6.49. The molecule has 1 N–H and O–H groups in total. The van der Waals surface area contributed by atoms with Crippen LogP contribution in [0.2, 0.25) is 0 Å². The minimum Gasteiger partial charge on any atom is -0.365 e. The van der Waals surface area contributed by atoms with Gasteiger partial charge in [0.15, 0.2) is 0 Å². The van der Waals surface area contributed by atoms with E-state index in [4.69, 9.17) is 21.3 Å². The molecule has 3 aliphatic carbocycles. The summed E-state index contributed by atoms with van der Waals surface area (Å²) in [4.78, 5) is 35.0. The van der Waals surface area contributed by atoms with Gasteiger partial charge in [-0.3, -0.25) is 14.6 Å². The maximum absolute atomic E-state index is 13.8. The van der Waals surface area contributed by atoms with Crippen molar-refractivity contribution >= 4 is 29.0 Å². The van der Waals surface area contributed by atoms with Gasteiger partial charge in [-0.25, -0.2) is 0 Å². The van der Waals surface area contributed by atoms with Crippen LogP contribution in [-0.2, 0) is 14.3 Å². The molecule has 0 saturated heterocycles. The summed E-state index contributed by atoms with van der Waals surface area (Å²) in [5.41, 5.74) is 2.09. The monoisotopic (exact) mass is 659 g/mol. The lowest BCUT2D eigenvalue weighted by atomic mass is 9.60. The van der Waals surface area contributed by atoms with Crippen LogP contribution >= 0.6 is 11.6 Å². The zero-order valence-corrected chi connectivity index (χ0v) is 31.9. The number of ether oxygens (including phenoxy) is 1. The van der Waals surface area contributed by atoms with Crippen LogP contribution < -0.4 is 5.32 Å². The van der Waals surface area contributed by atoms with Crippen LogP contribution in [0.5, 0.6) is 0 Å². The van der Waals surface area contributed by atoms with Crippen LogP contribution in [0.4, 0.5) is 0 Å². The smallest absolute Gasteiger partial charge is 0.253 e. The number of hydrogen-bond acceptors (Lipinski definition) is 5. The van der Waals surface area contributed by atoms with Crippen LogP contribution in [0.15, 0.2) is 27.4 Å². The summed E-state index contributed by atoms with van der Waals surface area (Å²) in [6, 6.07) is 0.749. The Morgan fingerprint density at radius 2 is 1.65 bits per heavy atom. The number of amides is 1. The highest BCUT2D eigenvalue weighted by Crippen LogP contribution is 2.50. The minimum absolute atomic E-state index is 0.00542. The first kappa shape index (κ1) is 38.9. The lowest BCUT2D eigenvalue weighted by Gasteiger charge is -2.49. The first-order valence-corrected chi connectivity index (χ1v) is 19.0. The second-order valence-corrected chi connectivity index (χ2v) is 16.0. The second kappa shape index (κ2) is 16.7. The molecule has 0 aromatic carbocycles. The van der Waals surface area contributed by atoms with Crippen molar-refractivity contribution in [2.24, 2.45) is 33.6 Å². The summed E-state index contributed by atoms with van der Waals surface area (Å²) in [5, 5.41) is 3.12. The molecule has 0 aromatic heterocycles. The Bertz CT molecular complexity index is 1150. The van der Waals surface area contributed by atoms with E-state index in [0.717, 1.165) is 75.7 Å². The predicted molar refractivity (Wildman–Crippen MR) is 193 cm³/mol. The van der Waals surface area contributed by atoms with Crippen molar-refractivity contribution in [2.75, 3.05) is 13.1 Å². The summed E-state index contributed by atoms with van der Waals surface area (Å²) in [7, 11) is 0. The molecule has 46 heavy (non-hydrogen) atoms. The van der Waals surface area contributed by atoms with Crippen molar-refractivity contribution in [1.29, 1.82) is 0 Å². The Morgan fingerprint density at radius 3 is 2.20 bits per heavy atom. The zero-order chi connectivity index (χ0) is 34.4. The Balaban J connectivity index is 1.80. The second-order valence-electron chi connectivity index (χ2n) is 15.6. The molecule has 2 saturated carbocycles. The Kier molecular flexibility index (Phi) is 14.2. The van der Waals surface area contributed by atoms with Crippen molar-refractivity contribution in [1.82, 2.24) is 10.2 Å². The molecule has 3 aliphatic rings. The van der Waals surface area contributed by atoms with Crippen LogP contribution in [0, 0.1) is 28.6 Å². The third-order valence-electron chi connectivity index (χ3n) is 12.4. The van der Waals surface area contributed by atoms with Crippen molar-refractivity contribution < 1.29 is 14.3 Å². The number of ketones is 1. The molecule has 7 unspecified atom stereocenters. The molecule has 3 rings (SSSR count). The highest BCUT2D eigenvalue weighted by Gasteiger charge is 2.44. The quantitative estimate of drug-likeness (QED) is 0.189. The standard InChI is InChI=1S/C39H66ClN3O3/c1-12-28-31(41-30-20-19-27(22-25(30)7)43(16-5)17-6)24-32(36(44)35(28)40)42-37(45)33(13-2)46-34-21-18-26(38(8,9)14-3)23-29(34)39(10,11)15-4/h24-27,29-30,33-34H,12-23H2,1-11H3,(H,42,45). The number of Topliss-reactive ketones (excluding diaryl/α,β-unsaturated/α-hetero) is 1. The van der Waals surface area contributed by atoms with Gasteiger partial charge in [-0.2, -0.15) is 0 Å². The normalized spacial score (nSPS) is 29.7. The largest absolute Gasteiger partial charge is 0.365 e. The number of nitrogens with zero attached hydrogens (tertiary/aromatic N) is 2. The molecule has 0 heterocycles. The molecule has 0 spiro atoms. The average molecular weight is 660 g/mol. The number of carbonyl (C=O) groups is 2. The number of halogens is 1. The molecule has 0 aliphatic heterocycles. The van der Waals surface area contributed by atoms with Crippen molar-refractivity contribution in [3.8, 4) is 0 Å². The molecule has 2 fully saturated rings. The van der Waals surface area contributed by atoms with E-state index in [-0.39, 0.29) is 45.4 Å². The molecule has 0 bridgehead atoms. The minimum atomic E-state index is -0.643. The average Bonchev–Trinajstić information content (AvgIpc) is 3.04. The predicted octanol–water partition coefficient (Wildman–Crippen LogP) is 9.26. The highest BCUT2D eigenvalue weighted by atomic mass is 35.5. The maximum Gasteiger partial charge on any atom is 0.253 e. The van der Waals surface area contributed by atoms with E-state index < -0.39 is 6.10 Å². The van der Waals surface area contributed by atoms with Crippen LogP contribution in [-0.4, -0.2) is 59.7 Å². The van der Waals surface area contributed by atoms with E-state index >= 15 is 0 Å². The van der Waals surface area contributed by atoms with Gasteiger partial charge < -0.3 is 15.0 Å². The van der Waals surface area contributed by atoms with Crippen LogP contribution in [0.1, 0.15) is 140 Å². The molecule has 262 valence electrons. The summed E-state index contributed by atoms with van der Waals surface area (Å²) >= 11 is 6.70. The topological polar surface area (TPSA) is 71.0 Å². The number of allylic oxidation sites excluding steroid dienone is 3. The van der Waals surface area contributed by atoms with E-state index in [1.807, 2.05) is 13.8 Å². The molecule has 7 heteroatoms. The van der Waals surface area contributed by atoms with Crippen LogP contribution in [0.3, 0.4) is 0 Å². The van der Waals surface area contributed by atoms with E-state index in [9.17, 15) is 9.59 Å². The molecule has 6 nitrogen and oxygen atoms in total. The Hall–Kier alpha value is -1.50. The molecule has 7 atom stereocenters. The lowest BCUT2D eigenvalue weighted by Crippen LogP contribution is -2.47. The van der Waals surface area contributed by atoms with Gasteiger partial charge in [0.2, 0.25) is 5.78 Å². The summed E-state index contributed by atoms with van der Waals surface area (Å²) in [6.07, 6.45) is 10.9. The zero-order valence-electron chi connectivity index (χ0n) is 31.1. The third-order valence-corrected chi connectivity index (χ3v) is 12.8. The maximum atomic E-state index is 13.8. The van der Waals surface area contributed by atoms with Gasteiger partial charge in [0.05, 0.1) is 28.6 Å². The van der Waals surface area contributed by atoms with Crippen molar-refractivity contribution in [3.63, 3.8) is 0 Å². The van der Waals surface area contributed by atoms with Gasteiger partial charge in [-0.05, 0) is 105 Å². The number of carbonyl (C=O) groups excluding carboxylic acids is 2. The fourth-order valence-corrected chi connectivity index (χ4v) is 8.48. The summed E-state index contributed by atoms with van der Waals surface area (Å²) in [6.45, 7) is 26.9. The number of aliphatic imine (C=N–C) groups is 1. The number of rotatable bonds is 14. The van der Waals surface area contributed by atoms with Gasteiger partial charge >= 0.3 is 0 Å². The van der Waals surface area contributed by atoms with Gasteiger partial charge in [-0.1, -0.05) is 101 Å². The number of hydrogen-bond donors (Lipinski definition) is 1. The SMILES string of the molecule is CCC1=C(Cl)C(=O)C(NC(=O)C(CC)OC2CCC(C(C)(C)CC)CC2C(C)(C)CC)=CC1=NC1CCC(N(CC)CC)CC1C. The first-order chi connectivity index (χ1) is 21.7. The van der Waals surface area contributed by atoms with E-state index in [0.29, 0.717) is 36.6 Å². The van der Waals surface area contributed by atoms with Gasteiger partial charge in [0.1, 0.15) is 6.10 Å². The molecule has 1 amide bonds. The third kappa shape index (κ3) is 8.94. The van der Waals surface area contributed by atoms with Gasteiger partial charge in [0.25, 0.3) is 5.91 Å². The number of nitrogens with one attached hydrogen (secondary N) is 1. The van der Waals surface area contributed by atoms with E-state index in [2.05, 4.69) is 72.5 Å². The Morgan fingerprint density at radius 1 is 1.00 bits per heavy atom. The van der Waals surface area contributed by atoms with Crippen molar-refractivity contribution in [2.45, 2.75) is 165 Å². The molecular weight excluding hydrogens is 594 g/mol. The molecule has 0 aromatic rings. The Labute approximate surface area is 286 Å². The van der Waals surface area contributed by atoms with Crippen LogP contribution in [0.25, 0.3) is 0 Å². The first-order valence-electron chi connectivity index (χ1n) is 18.6. The fourth-order valence-electron chi connectivity index (χ4n) is 8.15. The molecule has 0 radical (unpaired) electrons. The lowest BCUT2D eigenvalue weighted by molar-refractivity contribution is -0.149. The van der Waals surface area contributed by atoms with Gasteiger partial charge in [-0.15, -0.1) is 0 Å². The van der Waals surface area contributed by atoms with Gasteiger partial charge in [0, 0.05) is 6.04 Å². The van der Waals surface area contributed by atoms with E-state index in [1.165, 1.54) is 0 Å². The van der Waals surface area contributed by atoms with E-state index in [1.54, 1.807) is 6.08 Å². The fraction of sp³-hybridized carbons (Fsp3) is 0.821. The van der Waals surface area contributed by atoms with Crippen molar-refractivity contribution in [3.05, 3.63) is 22.4 Å².